The molecule has 0 aliphatic heterocycles. The van der Waals surface area contributed by atoms with Gasteiger partial charge >= 0.3 is 0 Å². The van der Waals surface area contributed by atoms with Crippen molar-refractivity contribution in [2.24, 2.45) is 0 Å². The number of aromatic nitrogens is 4. The summed E-state index contributed by atoms with van der Waals surface area (Å²) in [5.41, 5.74) is 2.01. The van der Waals surface area contributed by atoms with Crippen LogP contribution < -0.4 is 16.4 Å². The van der Waals surface area contributed by atoms with Crippen LogP contribution in [-0.4, -0.2) is 51.2 Å². The van der Waals surface area contributed by atoms with Crippen molar-refractivity contribution in [2.45, 2.75) is 18.7 Å². The average Bonchev–Trinajstić information content (AvgIpc) is 3.10. The topological polar surface area (TPSA) is 107 Å². The third-order valence-electron chi connectivity index (χ3n) is 3.95. The van der Waals surface area contributed by atoms with Gasteiger partial charge in [0, 0.05) is 60.4 Å². The van der Waals surface area contributed by atoms with E-state index in [9.17, 15) is 9.59 Å². The molecular weight excluding hydrogens is 408 g/mol. The zero-order valence-corrected chi connectivity index (χ0v) is 18.0. The van der Waals surface area contributed by atoms with Crippen LogP contribution in [0.5, 0.6) is 0 Å². The van der Waals surface area contributed by atoms with E-state index in [0.717, 1.165) is 34.3 Å². The lowest BCUT2D eigenvalue weighted by Crippen LogP contribution is -2.18. The van der Waals surface area contributed by atoms with Crippen LogP contribution >= 0.6 is 23.1 Å². The number of nitrogens with one attached hydrogen (secondary N) is 3. The first-order valence-electron chi connectivity index (χ1n) is 9.15. The molecule has 10 heteroatoms. The lowest BCUT2D eigenvalue weighted by atomic mass is 10.1. The molecule has 0 aliphatic rings. The fourth-order valence-corrected chi connectivity index (χ4v) is 4.40. The molecular formula is C19H24N6O2S2. The molecule has 154 valence electrons. The summed E-state index contributed by atoms with van der Waals surface area (Å²) < 4.78 is 0. The molecule has 3 aromatic heterocycles. The van der Waals surface area contributed by atoms with Gasteiger partial charge in [0.25, 0.3) is 5.56 Å². The van der Waals surface area contributed by atoms with E-state index in [1.165, 1.54) is 6.07 Å². The van der Waals surface area contributed by atoms with Crippen LogP contribution in [0.2, 0.25) is 0 Å². The highest BCUT2D eigenvalue weighted by Gasteiger charge is 2.06. The molecule has 0 aromatic carbocycles. The Morgan fingerprint density at radius 3 is 2.93 bits per heavy atom. The third-order valence-corrected chi connectivity index (χ3v) is 5.82. The molecule has 0 spiro atoms. The van der Waals surface area contributed by atoms with Gasteiger partial charge in [-0.05, 0) is 25.7 Å². The van der Waals surface area contributed by atoms with Crippen molar-refractivity contribution in [1.82, 2.24) is 24.8 Å². The molecule has 0 saturated heterocycles. The van der Waals surface area contributed by atoms with E-state index < -0.39 is 0 Å². The summed E-state index contributed by atoms with van der Waals surface area (Å²) >= 11 is 3.48. The van der Waals surface area contributed by atoms with E-state index in [0.29, 0.717) is 24.5 Å². The summed E-state index contributed by atoms with van der Waals surface area (Å²) in [4.78, 5) is 39.9. The number of pyridine rings is 1. The van der Waals surface area contributed by atoms with Crippen LogP contribution in [0.25, 0.3) is 0 Å². The highest BCUT2D eigenvalue weighted by Crippen LogP contribution is 2.16. The van der Waals surface area contributed by atoms with E-state index in [2.05, 4.69) is 35.5 Å². The van der Waals surface area contributed by atoms with Gasteiger partial charge in [0.1, 0.15) is 5.01 Å². The Kier molecular flexibility index (Phi) is 7.62. The van der Waals surface area contributed by atoms with Crippen molar-refractivity contribution in [3.8, 4) is 0 Å². The highest BCUT2D eigenvalue weighted by atomic mass is 32.2. The molecule has 0 unspecified atom stereocenters. The number of rotatable bonds is 10. The van der Waals surface area contributed by atoms with Crippen LogP contribution in [0.1, 0.15) is 21.8 Å². The van der Waals surface area contributed by atoms with Crippen LogP contribution in [0.15, 0.2) is 39.5 Å². The minimum absolute atomic E-state index is 0.186. The SMILES string of the molecule is CN(C)Cc1nc(CSCCNc2ncc(Cc3cc[nH]c(=O)c3)c(=O)[nH]2)cs1. The molecule has 3 heterocycles. The van der Waals surface area contributed by atoms with E-state index in [1.54, 1.807) is 41.6 Å². The van der Waals surface area contributed by atoms with Gasteiger partial charge in [-0.25, -0.2) is 9.97 Å². The smallest absolute Gasteiger partial charge is 0.255 e. The maximum absolute atomic E-state index is 12.2. The van der Waals surface area contributed by atoms with Crippen LogP contribution in [0, 0.1) is 0 Å². The second-order valence-electron chi connectivity index (χ2n) is 6.77. The van der Waals surface area contributed by atoms with E-state index in [4.69, 9.17) is 0 Å². The van der Waals surface area contributed by atoms with Gasteiger partial charge in [-0.2, -0.15) is 11.8 Å². The minimum atomic E-state index is -0.202. The predicted octanol–water partition coefficient (Wildman–Crippen LogP) is 1.91. The number of thiazole rings is 1. The number of H-pyrrole nitrogens is 2. The van der Waals surface area contributed by atoms with Crippen molar-refractivity contribution >= 4 is 29.0 Å². The van der Waals surface area contributed by atoms with Gasteiger partial charge in [0.05, 0.1) is 5.69 Å². The van der Waals surface area contributed by atoms with Crippen molar-refractivity contribution in [3.63, 3.8) is 0 Å². The van der Waals surface area contributed by atoms with Crippen molar-refractivity contribution in [1.29, 1.82) is 0 Å². The molecule has 0 bridgehead atoms. The minimum Gasteiger partial charge on any atom is -0.355 e. The van der Waals surface area contributed by atoms with Crippen LogP contribution in [0.3, 0.4) is 0 Å². The summed E-state index contributed by atoms with van der Waals surface area (Å²) in [7, 11) is 4.07. The van der Waals surface area contributed by atoms with Gasteiger partial charge < -0.3 is 15.2 Å². The van der Waals surface area contributed by atoms with Crippen LogP contribution in [-0.2, 0) is 18.7 Å². The fourth-order valence-electron chi connectivity index (χ4n) is 2.63. The number of anilines is 1. The van der Waals surface area contributed by atoms with Crippen molar-refractivity contribution in [2.75, 3.05) is 31.7 Å². The van der Waals surface area contributed by atoms with Gasteiger partial charge in [-0.1, -0.05) is 0 Å². The number of hydrogen-bond acceptors (Lipinski definition) is 8. The first-order valence-corrected chi connectivity index (χ1v) is 11.2. The van der Waals surface area contributed by atoms with E-state index in [-0.39, 0.29) is 11.1 Å². The summed E-state index contributed by atoms with van der Waals surface area (Å²) in [6.45, 7) is 1.56. The Balaban J connectivity index is 1.43. The maximum Gasteiger partial charge on any atom is 0.255 e. The molecule has 8 nitrogen and oxygen atoms in total. The molecule has 3 aromatic rings. The quantitative estimate of drug-likeness (QED) is 0.420. The standard InChI is InChI=1S/C19H24N6O2S2/c1-25(2)10-17-23-15(12-29-17)11-28-6-5-21-19-22-9-14(18(27)24-19)7-13-3-4-20-16(26)8-13/h3-4,8-9,12H,5-7,10-11H2,1-2H3,(H,20,26)(H2,21,22,24,27). The zero-order valence-electron chi connectivity index (χ0n) is 16.4. The number of hydrogen-bond donors (Lipinski definition) is 3. The Morgan fingerprint density at radius 1 is 1.31 bits per heavy atom. The highest BCUT2D eigenvalue weighted by molar-refractivity contribution is 7.98. The van der Waals surface area contributed by atoms with Crippen LogP contribution in [0.4, 0.5) is 5.95 Å². The summed E-state index contributed by atoms with van der Waals surface area (Å²) in [5, 5.41) is 6.38. The molecule has 0 atom stereocenters. The summed E-state index contributed by atoms with van der Waals surface area (Å²) in [6, 6.07) is 3.25. The van der Waals surface area contributed by atoms with Gasteiger partial charge in [0.15, 0.2) is 0 Å². The summed E-state index contributed by atoms with van der Waals surface area (Å²) in [5.74, 6) is 2.19. The lowest BCUT2D eigenvalue weighted by Gasteiger charge is -2.06. The Labute approximate surface area is 176 Å². The predicted molar refractivity (Wildman–Crippen MR) is 119 cm³/mol. The Bertz CT molecular complexity index is 1040. The zero-order chi connectivity index (χ0) is 20.6. The van der Waals surface area contributed by atoms with Crippen molar-refractivity contribution < 1.29 is 0 Å². The largest absolute Gasteiger partial charge is 0.355 e. The number of thioether (sulfide) groups is 1. The van der Waals surface area contributed by atoms with Gasteiger partial charge in [-0.15, -0.1) is 11.3 Å². The first kappa shape index (κ1) is 21.3. The second-order valence-corrected chi connectivity index (χ2v) is 8.82. The Hall–Kier alpha value is -2.43. The Morgan fingerprint density at radius 2 is 2.17 bits per heavy atom. The number of nitrogens with zero attached hydrogens (tertiary/aromatic N) is 3. The number of aromatic amines is 2. The third kappa shape index (κ3) is 6.84. The molecule has 3 rings (SSSR count). The van der Waals surface area contributed by atoms with E-state index >= 15 is 0 Å². The second kappa shape index (κ2) is 10.4. The molecule has 0 radical (unpaired) electrons. The molecule has 29 heavy (non-hydrogen) atoms. The molecule has 3 N–H and O–H groups in total. The fraction of sp³-hybridized carbons (Fsp3) is 0.368. The van der Waals surface area contributed by atoms with Gasteiger partial charge in [0.2, 0.25) is 11.5 Å². The molecule has 0 fully saturated rings. The lowest BCUT2D eigenvalue weighted by molar-refractivity contribution is 0.401. The van der Waals surface area contributed by atoms with Crippen molar-refractivity contribution in [3.05, 3.63) is 72.4 Å². The summed E-state index contributed by atoms with van der Waals surface area (Å²) in [6.07, 6.45) is 3.49. The first-order chi connectivity index (χ1) is 14.0. The van der Waals surface area contributed by atoms with E-state index in [1.807, 2.05) is 14.1 Å². The average molecular weight is 433 g/mol. The normalized spacial score (nSPS) is 11.1. The molecule has 0 amide bonds. The van der Waals surface area contributed by atoms with Gasteiger partial charge in [-0.3, -0.25) is 14.6 Å². The molecule has 0 aliphatic carbocycles. The molecule has 0 saturated carbocycles. The maximum atomic E-state index is 12.2. The monoisotopic (exact) mass is 432 g/mol.